The molecule has 0 atom stereocenters. The first-order valence-electron chi connectivity index (χ1n) is 6.81. The van der Waals surface area contributed by atoms with Crippen molar-refractivity contribution < 1.29 is 0 Å². The van der Waals surface area contributed by atoms with Crippen LogP contribution in [-0.4, -0.2) is 34.3 Å². The third-order valence-electron chi connectivity index (χ3n) is 3.93. The summed E-state index contributed by atoms with van der Waals surface area (Å²) in [5.41, 5.74) is 1.09. The molecule has 1 aliphatic heterocycles. The molecule has 0 spiro atoms. The van der Waals surface area contributed by atoms with Crippen molar-refractivity contribution >= 4 is 0 Å². The van der Waals surface area contributed by atoms with Gasteiger partial charge in [-0.15, -0.1) is 0 Å². The molecule has 1 saturated heterocycles. The van der Waals surface area contributed by atoms with Crippen LogP contribution in [0.1, 0.15) is 38.2 Å². The second kappa shape index (κ2) is 5.53. The van der Waals surface area contributed by atoms with Crippen LogP contribution >= 0.6 is 0 Å². The minimum Gasteiger partial charge on any atom is -0.303 e. The summed E-state index contributed by atoms with van der Waals surface area (Å²) in [7, 11) is 0. The zero-order chi connectivity index (χ0) is 13.0. The number of nitrogens with zero attached hydrogens (tertiary/aromatic N) is 4. The van der Waals surface area contributed by atoms with Crippen molar-refractivity contribution in [2.75, 3.05) is 19.6 Å². The van der Waals surface area contributed by atoms with Crippen molar-refractivity contribution in [2.45, 2.75) is 45.1 Å². The maximum atomic E-state index is 9.12. The van der Waals surface area contributed by atoms with Gasteiger partial charge in [-0.3, -0.25) is 4.68 Å². The highest BCUT2D eigenvalue weighted by Gasteiger charge is 2.36. The monoisotopic (exact) mass is 246 g/mol. The van der Waals surface area contributed by atoms with E-state index in [1.807, 2.05) is 10.9 Å². The number of aromatic nitrogens is 2. The Morgan fingerprint density at radius 2 is 2.17 bits per heavy atom. The Bertz CT molecular complexity index is 421. The normalized spacial score (nSPS) is 19.6. The highest BCUT2D eigenvalue weighted by atomic mass is 15.3. The van der Waals surface area contributed by atoms with Gasteiger partial charge in [0.25, 0.3) is 0 Å². The summed E-state index contributed by atoms with van der Waals surface area (Å²) in [4.78, 5) is 2.49. The average molecular weight is 246 g/mol. The van der Waals surface area contributed by atoms with Gasteiger partial charge in [0.1, 0.15) is 0 Å². The summed E-state index contributed by atoms with van der Waals surface area (Å²) < 4.78 is 2.04. The van der Waals surface area contributed by atoms with Gasteiger partial charge >= 0.3 is 0 Å². The molecule has 1 aromatic rings. The summed E-state index contributed by atoms with van der Waals surface area (Å²) in [6.07, 6.45) is 7.79. The smallest absolute Gasteiger partial charge is 0.0781 e. The van der Waals surface area contributed by atoms with Gasteiger partial charge in [0.15, 0.2) is 0 Å². The summed E-state index contributed by atoms with van der Waals surface area (Å²) in [6.45, 7) is 7.59. The molecule has 0 unspecified atom stereocenters. The third kappa shape index (κ3) is 2.56. The van der Waals surface area contributed by atoms with Crippen LogP contribution in [0.25, 0.3) is 0 Å². The van der Waals surface area contributed by atoms with Crippen molar-refractivity contribution in [3.63, 3.8) is 0 Å². The van der Waals surface area contributed by atoms with Crippen LogP contribution in [0.15, 0.2) is 12.4 Å². The van der Waals surface area contributed by atoms with E-state index in [-0.39, 0.29) is 5.54 Å². The number of piperidine rings is 1. The molecule has 0 aromatic carbocycles. The molecule has 98 valence electrons. The van der Waals surface area contributed by atoms with Crippen LogP contribution in [0.5, 0.6) is 0 Å². The van der Waals surface area contributed by atoms with Gasteiger partial charge in [-0.25, -0.2) is 0 Å². The number of nitriles is 1. The number of hydrogen-bond donors (Lipinski definition) is 0. The van der Waals surface area contributed by atoms with Crippen molar-refractivity contribution in [3.05, 3.63) is 18.0 Å². The number of likely N-dealkylation sites (tertiary alicyclic amines) is 1. The SMILES string of the molecule is CCCN1CCC(CC#N)(n2cc(C)cn2)CC1. The first-order valence-corrected chi connectivity index (χ1v) is 6.81. The molecular weight excluding hydrogens is 224 g/mol. The van der Waals surface area contributed by atoms with Gasteiger partial charge in [0, 0.05) is 19.3 Å². The summed E-state index contributed by atoms with van der Waals surface area (Å²) in [5, 5.41) is 13.6. The quantitative estimate of drug-likeness (QED) is 0.819. The van der Waals surface area contributed by atoms with Crippen molar-refractivity contribution in [2.24, 2.45) is 0 Å². The minimum atomic E-state index is -0.0761. The number of rotatable bonds is 4. The molecule has 18 heavy (non-hydrogen) atoms. The van der Waals surface area contributed by atoms with E-state index in [9.17, 15) is 0 Å². The zero-order valence-electron chi connectivity index (χ0n) is 11.4. The minimum absolute atomic E-state index is 0.0761. The lowest BCUT2D eigenvalue weighted by molar-refractivity contribution is 0.102. The van der Waals surface area contributed by atoms with E-state index in [0.29, 0.717) is 6.42 Å². The van der Waals surface area contributed by atoms with Crippen molar-refractivity contribution in [1.29, 1.82) is 5.26 Å². The molecule has 2 heterocycles. The molecule has 1 aromatic heterocycles. The van der Waals surface area contributed by atoms with E-state index in [4.69, 9.17) is 5.26 Å². The lowest BCUT2D eigenvalue weighted by Gasteiger charge is -2.40. The molecule has 0 N–H and O–H groups in total. The van der Waals surface area contributed by atoms with E-state index in [0.717, 1.165) is 25.9 Å². The third-order valence-corrected chi connectivity index (χ3v) is 3.93. The van der Waals surface area contributed by atoms with Crippen molar-refractivity contribution in [1.82, 2.24) is 14.7 Å². The van der Waals surface area contributed by atoms with Crippen LogP contribution < -0.4 is 0 Å². The first kappa shape index (κ1) is 13.1. The lowest BCUT2D eigenvalue weighted by Crippen LogP contribution is -2.46. The van der Waals surface area contributed by atoms with E-state index in [1.165, 1.54) is 18.5 Å². The van der Waals surface area contributed by atoms with Crippen LogP contribution in [0.3, 0.4) is 0 Å². The molecule has 0 radical (unpaired) electrons. The van der Waals surface area contributed by atoms with Crippen LogP contribution in [0.2, 0.25) is 0 Å². The molecule has 0 amide bonds. The second-order valence-electron chi connectivity index (χ2n) is 5.36. The Labute approximate surface area is 109 Å². The fourth-order valence-corrected chi connectivity index (χ4v) is 2.82. The van der Waals surface area contributed by atoms with Gasteiger partial charge < -0.3 is 4.90 Å². The number of hydrogen-bond acceptors (Lipinski definition) is 3. The van der Waals surface area contributed by atoms with Gasteiger partial charge in [-0.2, -0.15) is 10.4 Å². The lowest BCUT2D eigenvalue weighted by atomic mass is 9.85. The van der Waals surface area contributed by atoms with Crippen LogP contribution in [-0.2, 0) is 5.54 Å². The topological polar surface area (TPSA) is 44.9 Å². The summed E-state index contributed by atoms with van der Waals surface area (Å²) >= 11 is 0. The molecule has 0 saturated carbocycles. The fourth-order valence-electron chi connectivity index (χ4n) is 2.82. The Morgan fingerprint density at radius 3 is 2.67 bits per heavy atom. The molecule has 1 fully saturated rings. The van der Waals surface area contributed by atoms with Gasteiger partial charge in [-0.05, 0) is 38.3 Å². The molecule has 2 rings (SSSR count). The Balaban J connectivity index is 2.13. The largest absolute Gasteiger partial charge is 0.303 e. The van der Waals surface area contributed by atoms with Gasteiger partial charge in [0.05, 0.1) is 24.2 Å². The maximum absolute atomic E-state index is 9.12. The van der Waals surface area contributed by atoms with E-state index < -0.39 is 0 Å². The molecule has 4 nitrogen and oxygen atoms in total. The highest BCUT2D eigenvalue weighted by molar-refractivity contribution is 5.06. The first-order chi connectivity index (χ1) is 8.70. The number of aryl methyl sites for hydroxylation is 1. The van der Waals surface area contributed by atoms with Crippen molar-refractivity contribution in [3.8, 4) is 6.07 Å². The van der Waals surface area contributed by atoms with E-state index >= 15 is 0 Å². The molecule has 4 heteroatoms. The zero-order valence-corrected chi connectivity index (χ0v) is 11.4. The molecular formula is C14H22N4. The standard InChI is InChI=1S/C14H22N4/c1-3-8-17-9-5-14(4-7-15,6-10-17)18-12-13(2)11-16-18/h11-12H,3-6,8-10H2,1-2H3. The fraction of sp³-hybridized carbons (Fsp3) is 0.714. The summed E-state index contributed by atoms with van der Waals surface area (Å²) in [6, 6.07) is 2.35. The Hall–Kier alpha value is -1.34. The predicted molar refractivity (Wildman–Crippen MR) is 71.1 cm³/mol. The molecule has 0 aliphatic carbocycles. The van der Waals surface area contributed by atoms with Gasteiger partial charge in [-0.1, -0.05) is 6.92 Å². The Kier molecular flexibility index (Phi) is 4.03. The highest BCUT2D eigenvalue weighted by Crippen LogP contribution is 2.33. The Morgan fingerprint density at radius 1 is 1.44 bits per heavy atom. The van der Waals surface area contributed by atoms with Crippen LogP contribution in [0.4, 0.5) is 0 Å². The summed E-state index contributed by atoms with van der Waals surface area (Å²) in [5.74, 6) is 0. The van der Waals surface area contributed by atoms with E-state index in [1.54, 1.807) is 0 Å². The van der Waals surface area contributed by atoms with Crippen LogP contribution in [0, 0.1) is 18.3 Å². The van der Waals surface area contributed by atoms with Gasteiger partial charge in [0.2, 0.25) is 0 Å². The molecule has 1 aliphatic rings. The molecule has 0 bridgehead atoms. The van der Waals surface area contributed by atoms with E-state index in [2.05, 4.69) is 36.1 Å². The predicted octanol–water partition coefficient (Wildman–Crippen LogP) is 2.31. The second-order valence-corrected chi connectivity index (χ2v) is 5.36. The average Bonchev–Trinajstić information content (AvgIpc) is 2.80. The maximum Gasteiger partial charge on any atom is 0.0781 e.